The number of amides is 2. The van der Waals surface area contributed by atoms with Crippen LogP contribution in [0.15, 0.2) is 42.0 Å². The van der Waals surface area contributed by atoms with Gasteiger partial charge in [0.2, 0.25) is 5.91 Å². The Hall–Kier alpha value is -3.49. The highest BCUT2D eigenvalue weighted by Gasteiger charge is 2.42. The number of aryl methyl sites for hydroxylation is 1. The summed E-state index contributed by atoms with van der Waals surface area (Å²) in [6.07, 6.45) is -3.48. The Morgan fingerprint density at radius 2 is 1.90 bits per heavy atom. The number of benzene rings is 2. The number of hydrogen-bond acceptors (Lipinski definition) is 4. The number of ether oxygens (including phenoxy) is 2. The number of anilines is 1. The smallest absolute Gasteiger partial charge is 0.416 e. The van der Waals surface area contributed by atoms with E-state index in [0.717, 1.165) is 53.8 Å². The predicted molar refractivity (Wildman–Crippen MR) is 148 cm³/mol. The molecule has 2 amide bonds. The molecular formula is C31H37F3N2O4. The summed E-state index contributed by atoms with van der Waals surface area (Å²) in [7, 11) is 3.31. The van der Waals surface area contributed by atoms with E-state index in [-0.39, 0.29) is 17.9 Å². The topological polar surface area (TPSA) is 59.1 Å². The quantitative estimate of drug-likeness (QED) is 0.367. The second-order valence-electron chi connectivity index (χ2n) is 11.7. The van der Waals surface area contributed by atoms with Gasteiger partial charge in [0, 0.05) is 31.8 Å². The fourth-order valence-corrected chi connectivity index (χ4v) is 5.72. The monoisotopic (exact) mass is 558 g/mol. The van der Waals surface area contributed by atoms with Gasteiger partial charge in [-0.05, 0) is 85.6 Å². The first kappa shape index (κ1) is 29.5. The minimum absolute atomic E-state index is 0.00965. The lowest BCUT2D eigenvalue weighted by Crippen LogP contribution is -2.35. The van der Waals surface area contributed by atoms with E-state index in [1.54, 1.807) is 36.9 Å². The van der Waals surface area contributed by atoms with Gasteiger partial charge in [0.1, 0.15) is 11.9 Å². The largest absolute Gasteiger partial charge is 0.496 e. The van der Waals surface area contributed by atoms with Gasteiger partial charge in [-0.15, -0.1) is 0 Å². The van der Waals surface area contributed by atoms with Crippen LogP contribution in [0, 0.1) is 12.3 Å². The number of halogens is 3. The van der Waals surface area contributed by atoms with Crippen LogP contribution in [-0.4, -0.2) is 43.6 Å². The number of alkyl halides is 3. The normalized spacial score (nSPS) is 20.9. The summed E-state index contributed by atoms with van der Waals surface area (Å²) >= 11 is 0. The highest BCUT2D eigenvalue weighted by Crippen LogP contribution is 2.46. The number of allylic oxidation sites excluding steroid dienone is 1. The number of methoxy groups -OCH3 is 1. The van der Waals surface area contributed by atoms with Gasteiger partial charge in [-0.1, -0.05) is 25.5 Å². The number of hydrogen-bond donors (Lipinski definition) is 0. The lowest BCUT2D eigenvalue weighted by Gasteiger charge is -2.36. The second-order valence-corrected chi connectivity index (χ2v) is 11.7. The van der Waals surface area contributed by atoms with Gasteiger partial charge >= 0.3 is 12.3 Å². The molecule has 0 radical (unpaired) electrons. The minimum Gasteiger partial charge on any atom is -0.496 e. The van der Waals surface area contributed by atoms with Crippen LogP contribution in [-0.2, 0) is 15.7 Å². The zero-order chi connectivity index (χ0) is 29.6. The van der Waals surface area contributed by atoms with Gasteiger partial charge in [-0.25, -0.2) is 4.79 Å². The first-order chi connectivity index (χ1) is 18.6. The third-order valence-electron chi connectivity index (χ3n) is 8.05. The molecule has 1 fully saturated rings. The molecular weight excluding hydrogens is 521 g/mol. The molecule has 0 aromatic heterocycles. The van der Waals surface area contributed by atoms with E-state index >= 15 is 0 Å². The van der Waals surface area contributed by atoms with Crippen LogP contribution >= 0.6 is 0 Å². The SMILES string of the molecule is COc1ccc(N(C)C(C)=O)cc1C1=C(CN2C(=O)O[C@H](c3cc(C)cc(C(F)(F)F)c3)[C@@H]2C)CC(C)(C)CC1. The third-order valence-corrected chi connectivity index (χ3v) is 8.05. The Bertz CT molecular complexity index is 1350. The van der Waals surface area contributed by atoms with E-state index in [2.05, 4.69) is 13.8 Å². The van der Waals surface area contributed by atoms with Crippen LogP contribution < -0.4 is 9.64 Å². The number of carbonyl (C=O) groups excluding carboxylic acids is 2. The summed E-state index contributed by atoms with van der Waals surface area (Å²) in [6.45, 7) is 9.55. The van der Waals surface area contributed by atoms with Crippen molar-refractivity contribution in [3.63, 3.8) is 0 Å². The molecule has 1 saturated heterocycles. The van der Waals surface area contributed by atoms with Gasteiger partial charge in [-0.3, -0.25) is 9.69 Å². The van der Waals surface area contributed by atoms with E-state index in [1.165, 1.54) is 6.92 Å². The van der Waals surface area contributed by atoms with Crippen LogP contribution in [0.4, 0.5) is 23.7 Å². The van der Waals surface area contributed by atoms with Crippen molar-refractivity contribution in [2.45, 2.75) is 72.2 Å². The lowest BCUT2D eigenvalue weighted by molar-refractivity contribution is -0.137. The summed E-state index contributed by atoms with van der Waals surface area (Å²) in [5.74, 6) is 0.571. The maximum absolute atomic E-state index is 13.5. The van der Waals surface area contributed by atoms with Gasteiger partial charge in [0.15, 0.2) is 0 Å². The van der Waals surface area contributed by atoms with Crippen molar-refractivity contribution in [2.75, 3.05) is 25.6 Å². The molecule has 2 atom stereocenters. The van der Waals surface area contributed by atoms with Crippen LogP contribution in [0.2, 0.25) is 0 Å². The average molecular weight is 559 g/mol. The standard InChI is InChI=1S/C31H37F3N2O4/c1-18-12-21(14-23(13-18)31(32,33)34)28-19(2)36(29(38)40-28)17-22-16-30(4,5)11-10-25(22)26-15-24(35(6)20(3)37)8-9-27(26)39-7/h8-9,12-15,19,28H,10-11,16-17H2,1-7H3/t19-,28-/m0/s1. The molecule has 1 aliphatic carbocycles. The molecule has 216 valence electrons. The predicted octanol–water partition coefficient (Wildman–Crippen LogP) is 7.55. The van der Waals surface area contributed by atoms with Crippen LogP contribution in [0.25, 0.3) is 5.57 Å². The van der Waals surface area contributed by atoms with Crippen LogP contribution in [0.3, 0.4) is 0 Å². The molecule has 1 aliphatic heterocycles. The average Bonchev–Trinajstić information content (AvgIpc) is 3.15. The Labute approximate surface area is 233 Å². The van der Waals surface area contributed by atoms with Gasteiger partial charge in [0.05, 0.1) is 18.7 Å². The van der Waals surface area contributed by atoms with E-state index in [1.807, 2.05) is 25.1 Å². The van der Waals surface area contributed by atoms with E-state index in [4.69, 9.17) is 9.47 Å². The Morgan fingerprint density at radius 1 is 1.20 bits per heavy atom. The summed E-state index contributed by atoms with van der Waals surface area (Å²) in [6, 6.07) is 8.94. The minimum atomic E-state index is -4.50. The Balaban J connectivity index is 1.73. The summed E-state index contributed by atoms with van der Waals surface area (Å²) in [4.78, 5) is 28.4. The van der Waals surface area contributed by atoms with Crippen LogP contribution in [0.1, 0.15) is 75.3 Å². The van der Waals surface area contributed by atoms with E-state index in [0.29, 0.717) is 16.9 Å². The molecule has 4 rings (SSSR count). The van der Waals surface area contributed by atoms with Crippen molar-refractivity contribution in [2.24, 2.45) is 5.41 Å². The second kappa shape index (κ2) is 10.8. The van der Waals surface area contributed by atoms with Crippen molar-refractivity contribution in [1.29, 1.82) is 0 Å². The van der Waals surface area contributed by atoms with Crippen molar-refractivity contribution >= 4 is 23.3 Å². The molecule has 0 unspecified atom stereocenters. The lowest BCUT2D eigenvalue weighted by atomic mass is 9.72. The van der Waals surface area contributed by atoms with E-state index in [9.17, 15) is 22.8 Å². The third kappa shape index (κ3) is 5.98. The number of rotatable bonds is 6. The highest BCUT2D eigenvalue weighted by atomic mass is 19.4. The molecule has 40 heavy (non-hydrogen) atoms. The van der Waals surface area contributed by atoms with E-state index < -0.39 is 30.0 Å². The maximum Gasteiger partial charge on any atom is 0.416 e. The maximum atomic E-state index is 13.5. The molecule has 0 N–H and O–H groups in total. The summed E-state index contributed by atoms with van der Waals surface area (Å²) in [5, 5.41) is 0. The number of carbonyl (C=O) groups is 2. The molecule has 0 saturated carbocycles. The van der Waals surface area contributed by atoms with Gasteiger partial charge in [0.25, 0.3) is 0 Å². The first-order valence-corrected chi connectivity index (χ1v) is 13.4. The number of cyclic esters (lactones) is 1. The van der Waals surface area contributed by atoms with Crippen molar-refractivity contribution < 1.29 is 32.2 Å². The molecule has 2 aromatic rings. The summed E-state index contributed by atoms with van der Waals surface area (Å²) < 4.78 is 51.9. The van der Waals surface area contributed by atoms with Gasteiger partial charge < -0.3 is 14.4 Å². The molecule has 0 spiro atoms. The molecule has 1 heterocycles. The van der Waals surface area contributed by atoms with Crippen molar-refractivity contribution in [1.82, 2.24) is 4.90 Å². The Morgan fingerprint density at radius 3 is 2.52 bits per heavy atom. The van der Waals surface area contributed by atoms with Crippen molar-refractivity contribution in [3.05, 3.63) is 64.2 Å². The zero-order valence-corrected chi connectivity index (χ0v) is 24.1. The van der Waals surface area contributed by atoms with Crippen molar-refractivity contribution in [3.8, 4) is 5.75 Å². The zero-order valence-electron chi connectivity index (χ0n) is 24.1. The molecule has 9 heteroatoms. The van der Waals surface area contributed by atoms with Crippen LogP contribution in [0.5, 0.6) is 5.75 Å². The molecule has 2 aliphatic rings. The molecule has 0 bridgehead atoms. The first-order valence-electron chi connectivity index (χ1n) is 13.4. The fourth-order valence-electron chi connectivity index (χ4n) is 5.72. The summed E-state index contributed by atoms with van der Waals surface area (Å²) in [5.41, 5.74) is 3.70. The molecule has 6 nitrogen and oxygen atoms in total. The molecule has 2 aromatic carbocycles. The Kier molecular flexibility index (Phi) is 7.98. The number of nitrogens with zero attached hydrogens (tertiary/aromatic N) is 2. The highest BCUT2D eigenvalue weighted by molar-refractivity contribution is 5.92. The fraction of sp³-hybridized carbons (Fsp3) is 0.484. The van der Waals surface area contributed by atoms with Gasteiger partial charge in [-0.2, -0.15) is 13.2 Å².